The zero-order chi connectivity index (χ0) is 21.2. The summed E-state index contributed by atoms with van der Waals surface area (Å²) < 4.78 is 83.1. The highest BCUT2D eigenvalue weighted by Crippen LogP contribution is 2.37. The van der Waals surface area contributed by atoms with Crippen LogP contribution >= 0.6 is 0 Å². The number of nitrogens with one attached hydrogen (secondary N) is 1. The summed E-state index contributed by atoms with van der Waals surface area (Å²) >= 11 is 0. The molecule has 0 spiro atoms. The van der Waals surface area contributed by atoms with Gasteiger partial charge in [0.1, 0.15) is 24.1 Å². The summed E-state index contributed by atoms with van der Waals surface area (Å²) in [5, 5.41) is 18.6. The molecular weight excluding hydrogens is 402 g/mol. The maximum atomic E-state index is 13.1. The molecule has 0 amide bonds. The van der Waals surface area contributed by atoms with Crippen LogP contribution in [0.5, 0.6) is 5.75 Å². The number of rotatable bonds is 4. The van der Waals surface area contributed by atoms with Crippen LogP contribution in [0.1, 0.15) is 22.4 Å². The topological polar surface area (TPSA) is 74.6 Å². The van der Waals surface area contributed by atoms with Gasteiger partial charge >= 0.3 is 12.4 Å². The van der Waals surface area contributed by atoms with Gasteiger partial charge in [0.05, 0.1) is 11.1 Å². The summed E-state index contributed by atoms with van der Waals surface area (Å²) in [6, 6.07) is 8.83. The minimum Gasteiger partial charge on any atom is -0.489 e. The number of aromatic amines is 1. The van der Waals surface area contributed by atoms with Gasteiger partial charge < -0.3 is 4.74 Å². The lowest BCUT2D eigenvalue weighted by molar-refractivity contribution is -0.142. The Morgan fingerprint density at radius 2 is 1.66 bits per heavy atom. The first kappa shape index (κ1) is 20.2. The summed E-state index contributed by atoms with van der Waals surface area (Å²) in [7, 11) is 0. The highest BCUT2D eigenvalue weighted by molar-refractivity contribution is 5.64. The lowest BCUT2D eigenvalue weighted by Crippen LogP contribution is -2.14. The second kappa shape index (κ2) is 7.46. The van der Waals surface area contributed by atoms with E-state index in [4.69, 9.17) is 10.00 Å². The Kier molecular flexibility index (Phi) is 5.19. The third-order valence-corrected chi connectivity index (χ3v) is 3.92. The van der Waals surface area contributed by atoms with E-state index in [0.29, 0.717) is 23.8 Å². The molecule has 0 aliphatic carbocycles. The molecule has 2 aromatic carbocycles. The number of hydrogen-bond donors (Lipinski definition) is 1. The van der Waals surface area contributed by atoms with Crippen LogP contribution in [-0.4, -0.2) is 15.4 Å². The Bertz CT molecular complexity index is 1050. The van der Waals surface area contributed by atoms with E-state index in [1.807, 2.05) is 6.07 Å². The predicted octanol–water partition coefficient (Wildman–Crippen LogP) is 4.96. The first-order valence-electron chi connectivity index (χ1n) is 7.91. The molecule has 3 aromatic rings. The zero-order valence-corrected chi connectivity index (χ0v) is 14.3. The lowest BCUT2D eigenvalue weighted by atomic mass is 10.0. The van der Waals surface area contributed by atoms with Gasteiger partial charge in [-0.05, 0) is 42.5 Å². The van der Waals surface area contributed by atoms with Gasteiger partial charge in [0.2, 0.25) is 0 Å². The standard InChI is InChI=1S/C18H10F6N4O/c19-17(20,21)12-3-6-14(18(22,23)24)11(7-12)9-29-13-4-1-10(2-5-13)16-15(8-25)26-28-27-16/h1-7H,9H2,(H,26,27,28). The Hall–Kier alpha value is -3.55. The van der Waals surface area contributed by atoms with Crippen molar-refractivity contribution in [2.45, 2.75) is 19.0 Å². The molecule has 0 saturated carbocycles. The molecule has 0 bridgehead atoms. The number of nitriles is 1. The van der Waals surface area contributed by atoms with Crippen molar-refractivity contribution in [3.63, 3.8) is 0 Å². The number of H-pyrrole nitrogens is 1. The molecule has 150 valence electrons. The van der Waals surface area contributed by atoms with Crippen molar-refractivity contribution in [2.24, 2.45) is 0 Å². The van der Waals surface area contributed by atoms with E-state index in [0.717, 1.165) is 0 Å². The van der Waals surface area contributed by atoms with Gasteiger partial charge in [-0.15, -0.1) is 5.10 Å². The van der Waals surface area contributed by atoms with Crippen LogP contribution in [0.2, 0.25) is 0 Å². The molecule has 0 aliphatic heterocycles. The Labute approximate surface area is 159 Å². The monoisotopic (exact) mass is 412 g/mol. The van der Waals surface area contributed by atoms with E-state index in [1.54, 1.807) is 0 Å². The number of nitrogens with zero attached hydrogens (tertiary/aromatic N) is 3. The zero-order valence-electron chi connectivity index (χ0n) is 14.3. The van der Waals surface area contributed by atoms with Crippen molar-refractivity contribution in [1.29, 1.82) is 5.26 Å². The van der Waals surface area contributed by atoms with E-state index < -0.39 is 35.6 Å². The van der Waals surface area contributed by atoms with Gasteiger partial charge in [0.25, 0.3) is 0 Å². The third-order valence-electron chi connectivity index (χ3n) is 3.92. The lowest BCUT2D eigenvalue weighted by Gasteiger charge is -2.16. The molecule has 0 saturated heterocycles. The SMILES string of the molecule is N#Cc1[nH]nnc1-c1ccc(OCc2cc(C(F)(F)F)ccc2C(F)(F)F)cc1. The first-order valence-corrected chi connectivity index (χ1v) is 7.91. The second-order valence-electron chi connectivity index (χ2n) is 5.83. The average Bonchev–Trinajstić information content (AvgIpc) is 3.14. The minimum absolute atomic E-state index is 0.123. The van der Waals surface area contributed by atoms with Gasteiger partial charge in [0, 0.05) is 11.1 Å². The molecule has 11 heteroatoms. The van der Waals surface area contributed by atoms with Crippen molar-refractivity contribution >= 4 is 0 Å². The van der Waals surface area contributed by atoms with Crippen LogP contribution in [0, 0.1) is 11.3 Å². The first-order chi connectivity index (χ1) is 13.6. The van der Waals surface area contributed by atoms with Crippen LogP contribution in [0.25, 0.3) is 11.3 Å². The number of halogens is 6. The van der Waals surface area contributed by atoms with Gasteiger partial charge in [-0.2, -0.15) is 31.6 Å². The van der Waals surface area contributed by atoms with E-state index in [2.05, 4.69) is 15.4 Å². The maximum absolute atomic E-state index is 13.1. The maximum Gasteiger partial charge on any atom is 0.416 e. The summed E-state index contributed by atoms with van der Waals surface area (Å²) in [4.78, 5) is 0. The predicted molar refractivity (Wildman–Crippen MR) is 87.3 cm³/mol. The molecule has 3 rings (SSSR count). The quantitative estimate of drug-likeness (QED) is 0.615. The average molecular weight is 412 g/mol. The number of benzene rings is 2. The number of ether oxygens (including phenoxy) is 1. The highest BCUT2D eigenvalue weighted by Gasteiger charge is 2.37. The Morgan fingerprint density at radius 1 is 0.966 bits per heavy atom. The van der Waals surface area contributed by atoms with Crippen molar-refractivity contribution in [3.05, 3.63) is 64.8 Å². The fourth-order valence-electron chi connectivity index (χ4n) is 2.54. The van der Waals surface area contributed by atoms with Gasteiger partial charge in [-0.3, -0.25) is 0 Å². The van der Waals surface area contributed by atoms with E-state index >= 15 is 0 Å². The van der Waals surface area contributed by atoms with Crippen molar-refractivity contribution in [1.82, 2.24) is 15.4 Å². The molecule has 1 heterocycles. The van der Waals surface area contributed by atoms with E-state index in [-0.39, 0.29) is 17.1 Å². The molecule has 0 fully saturated rings. The third kappa shape index (κ3) is 4.48. The molecule has 0 aliphatic rings. The number of hydrogen-bond acceptors (Lipinski definition) is 4. The highest BCUT2D eigenvalue weighted by atomic mass is 19.4. The van der Waals surface area contributed by atoms with Gasteiger partial charge in [-0.1, -0.05) is 5.21 Å². The van der Waals surface area contributed by atoms with Gasteiger partial charge in [0.15, 0.2) is 5.69 Å². The minimum atomic E-state index is -4.83. The summed E-state index contributed by atoms with van der Waals surface area (Å²) in [6.45, 7) is -0.717. The summed E-state index contributed by atoms with van der Waals surface area (Å²) in [5.41, 5.74) is -2.15. The fraction of sp³-hybridized carbons (Fsp3) is 0.167. The molecule has 5 nitrogen and oxygen atoms in total. The Balaban J connectivity index is 1.83. The van der Waals surface area contributed by atoms with Crippen LogP contribution in [-0.2, 0) is 19.0 Å². The molecule has 0 unspecified atom stereocenters. The van der Waals surface area contributed by atoms with Crippen molar-refractivity contribution in [3.8, 4) is 23.1 Å². The van der Waals surface area contributed by atoms with Crippen molar-refractivity contribution < 1.29 is 31.1 Å². The molecule has 0 atom stereocenters. The van der Waals surface area contributed by atoms with Crippen LogP contribution in [0.15, 0.2) is 42.5 Å². The number of aromatic nitrogens is 3. The summed E-state index contributed by atoms with van der Waals surface area (Å²) in [6.07, 6.45) is -9.61. The fourth-order valence-corrected chi connectivity index (χ4v) is 2.54. The van der Waals surface area contributed by atoms with Crippen LogP contribution in [0.3, 0.4) is 0 Å². The summed E-state index contributed by atoms with van der Waals surface area (Å²) in [5.74, 6) is 0.126. The molecule has 1 aromatic heterocycles. The van der Waals surface area contributed by atoms with Crippen LogP contribution < -0.4 is 4.74 Å². The van der Waals surface area contributed by atoms with Crippen molar-refractivity contribution in [2.75, 3.05) is 0 Å². The van der Waals surface area contributed by atoms with Crippen LogP contribution in [0.4, 0.5) is 26.3 Å². The molecular formula is C18H10F6N4O. The van der Waals surface area contributed by atoms with E-state index in [9.17, 15) is 26.3 Å². The molecule has 29 heavy (non-hydrogen) atoms. The molecule has 1 N–H and O–H groups in total. The molecule has 0 radical (unpaired) electrons. The smallest absolute Gasteiger partial charge is 0.416 e. The normalized spacial score (nSPS) is 11.9. The second-order valence-corrected chi connectivity index (χ2v) is 5.83. The largest absolute Gasteiger partial charge is 0.489 e. The van der Waals surface area contributed by atoms with E-state index in [1.165, 1.54) is 24.3 Å². The number of alkyl halides is 6. The van der Waals surface area contributed by atoms with Gasteiger partial charge in [-0.25, -0.2) is 5.10 Å². The Morgan fingerprint density at radius 3 is 2.24 bits per heavy atom.